The molecule has 1 aliphatic heterocycles. The topological polar surface area (TPSA) is 46.0 Å². The molecule has 1 aliphatic carbocycles. The highest BCUT2D eigenvalue weighted by atomic mass is 35.5. The van der Waals surface area contributed by atoms with Gasteiger partial charge in [0.25, 0.3) is 0 Å². The van der Waals surface area contributed by atoms with E-state index in [2.05, 4.69) is 46.7 Å². The predicted octanol–water partition coefficient (Wildman–Crippen LogP) is 4.65. The van der Waals surface area contributed by atoms with Crippen molar-refractivity contribution in [2.24, 2.45) is 15.9 Å². The van der Waals surface area contributed by atoms with Gasteiger partial charge in [0.2, 0.25) is 5.29 Å². The fourth-order valence-corrected chi connectivity index (χ4v) is 3.67. The second-order valence-electron chi connectivity index (χ2n) is 6.47. The smallest absolute Gasteiger partial charge is 0.201 e. The first-order chi connectivity index (χ1) is 13.2. The van der Waals surface area contributed by atoms with E-state index in [9.17, 15) is 0 Å². The van der Waals surface area contributed by atoms with Crippen molar-refractivity contribution in [3.8, 4) is 5.75 Å². The van der Waals surface area contributed by atoms with Gasteiger partial charge in [0, 0.05) is 11.6 Å². The Labute approximate surface area is 164 Å². The Morgan fingerprint density at radius 2 is 2.00 bits per heavy atom. The summed E-state index contributed by atoms with van der Waals surface area (Å²) in [4.78, 5) is 9.33. The van der Waals surface area contributed by atoms with Gasteiger partial charge in [-0.25, -0.2) is 4.99 Å². The molecule has 1 heterocycles. The van der Waals surface area contributed by atoms with E-state index in [1.165, 1.54) is 5.56 Å². The summed E-state index contributed by atoms with van der Waals surface area (Å²) < 4.78 is 5.30. The highest BCUT2D eigenvalue weighted by molar-refractivity contribution is 6.66. The van der Waals surface area contributed by atoms with Gasteiger partial charge in [-0.2, -0.15) is 0 Å². The number of allylic oxidation sites excluding steroid dienone is 3. The second-order valence-corrected chi connectivity index (χ2v) is 6.83. The second kappa shape index (κ2) is 7.80. The number of hydrogen-bond acceptors (Lipinski definition) is 3. The van der Waals surface area contributed by atoms with Crippen molar-refractivity contribution in [2.75, 3.05) is 7.11 Å². The third-order valence-electron chi connectivity index (χ3n) is 4.77. The Bertz CT molecular complexity index is 947. The van der Waals surface area contributed by atoms with Crippen LogP contribution >= 0.6 is 11.6 Å². The van der Waals surface area contributed by atoms with Crippen molar-refractivity contribution in [1.29, 1.82) is 0 Å². The van der Waals surface area contributed by atoms with Crippen LogP contribution in [0, 0.1) is 5.92 Å². The number of amidine groups is 2. The number of halogens is 1. The Hall–Kier alpha value is -2.85. The van der Waals surface area contributed by atoms with Crippen molar-refractivity contribution in [3.05, 3.63) is 89.6 Å². The average molecular weight is 378 g/mol. The number of methoxy groups -OCH3 is 1. The molecule has 2 aromatic rings. The molecule has 2 unspecified atom stereocenters. The van der Waals surface area contributed by atoms with Crippen LogP contribution in [-0.4, -0.2) is 18.2 Å². The Balaban J connectivity index is 1.68. The van der Waals surface area contributed by atoms with E-state index in [1.807, 2.05) is 36.4 Å². The first kappa shape index (κ1) is 17.6. The average Bonchev–Trinajstić information content (AvgIpc) is 2.72. The summed E-state index contributed by atoms with van der Waals surface area (Å²) in [6.45, 7) is 0.523. The van der Waals surface area contributed by atoms with E-state index in [4.69, 9.17) is 21.3 Å². The summed E-state index contributed by atoms with van der Waals surface area (Å²) in [6.07, 6.45) is 6.30. The molecule has 0 bridgehead atoms. The molecule has 4 nitrogen and oxygen atoms in total. The van der Waals surface area contributed by atoms with Gasteiger partial charge in [-0.15, -0.1) is 0 Å². The van der Waals surface area contributed by atoms with E-state index >= 15 is 0 Å². The number of hydrogen-bond donors (Lipinski definition) is 1. The first-order valence-corrected chi connectivity index (χ1v) is 9.24. The maximum absolute atomic E-state index is 6.23. The molecule has 0 aromatic heterocycles. The lowest BCUT2D eigenvalue weighted by molar-refractivity contribution is 0.414. The molecule has 0 saturated heterocycles. The van der Waals surface area contributed by atoms with Crippen molar-refractivity contribution < 1.29 is 4.74 Å². The van der Waals surface area contributed by atoms with Crippen LogP contribution in [0.1, 0.15) is 17.0 Å². The normalized spacial score (nSPS) is 22.5. The van der Waals surface area contributed by atoms with Crippen molar-refractivity contribution in [1.82, 2.24) is 5.32 Å². The van der Waals surface area contributed by atoms with Crippen LogP contribution in [0.25, 0.3) is 0 Å². The molecule has 0 spiro atoms. The minimum atomic E-state index is 0.0190. The maximum Gasteiger partial charge on any atom is 0.201 e. The zero-order chi connectivity index (χ0) is 18.6. The molecular weight excluding hydrogens is 358 g/mol. The van der Waals surface area contributed by atoms with Crippen LogP contribution < -0.4 is 10.1 Å². The molecule has 0 radical (unpaired) electrons. The monoisotopic (exact) mass is 377 g/mol. The molecular formula is C22H20ClN3O. The number of rotatable bonds is 4. The maximum atomic E-state index is 6.23. The number of benzene rings is 2. The van der Waals surface area contributed by atoms with Crippen LogP contribution in [0.3, 0.4) is 0 Å². The minimum Gasteiger partial charge on any atom is -0.497 e. The number of fused-ring (bicyclic) bond motifs is 1. The predicted molar refractivity (Wildman–Crippen MR) is 110 cm³/mol. The van der Waals surface area contributed by atoms with Crippen molar-refractivity contribution in [2.45, 2.75) is 12.5 Å². The molecule has 1 N–H and O–H groups in total. The molecule has 0 saturated carbocycles. The fourth-order valence-electron chi connectivity index (χ4n) is 3.48. The van der Waals surface area contributed by atoms with Crippen molar-refractivity contribution >= 4 is 22.7 Å². The van der Waals surface area contributed by atoms with Gasteiger partial charge in [0.15, 0.2) is 0 Å². The standard InChI is InChI=1S/C22H20ClN3O/c1-27-17-10-5-7-15(13-17)14-24-21-20-18(16-8-3-2-4-9-16)11-6-12-19(20)25-22(23)26-21/h2-13,18,20H,14H2,1H3,(H,24,25,26). The minimum absolute atomic E-state index is 0.0190. The first-order valence-electron chi connectivity index (χ1n) is 8.86. The van der Waals surface area contributed by atoms with Gasteiger partial charge < -0.3 is 10.1 Å². The van der Waals surface area contributed by atoms with Gasteiger partial charge in [0.05, 0.1) is 19.6 Å². The van der Waals surface area contributed by atoms with Gasteiger partial charge in [-0.05, 0) is 40.9 Å². The third kappa shape index (κ3) is 3.81. The molecule has 4 rings (SSSR count). The van der Waals surface area contributed by atoms with E-state index in [-0.39, 0.29) is 11.8 Å². The highest BCUT2D eigenvalue weighted by Gasteiger charge is 2.34. The molecule has 0 amide bonds. The van der Waals surface area contributed by atoms with Crippen LogP contribution in [-0.2, 0) is 6.54 Å². The summed E-state index contributed by atoms with van der Waals surface area (Å²) in [5.41, 5.74) is 3.32. The zero-order valence-corrected chi connectivity index (χ0v) is 15.7. The number of ether oxygens (including phenoxy) is 1. The highest BCUT2D eigenvalue weighted by Crippen LogP contribution is 2.37. The lowest BCUT2D eigenvalue weighted by atomic mass is 9.79. The van der Waals surface area contributed by atoms with Crippen LogP contribution in [0.15, 0.2) is 88.5 Å². The summed E-state index contributed by atoms with van der Waals surface area (Å²) in [6, 6.07) is 18.3. The Morgan fingerprint density at radius 1 is 1.15 bits per heavy atom. The van der Waals surface area contributed by atoms with Crippen LogP contribution in [0.5, 0.6) is 5.75 Å². The number of nitrogens with one attached hydrogen (secondary N) is 1. The lowest BCUT2D eigenvalue weighted by Gasteiger charge is -2.32. The van der Waals surface area contributed by atoms with Gasteiger partial charge >= 0.3 is 0 Å². The van der Waals surface area contributed by atoms with Gasteiger partial charge in [-0.1, -0.05) is 54.6 Å². The molecule has 0 fully saturated rings. The SMILES string of the molecule is COc1cccc(CN=C2N=C(Cl)NC3=CC=CC(c4ccccc4)C32)c1. The largest absolute Gasteiger partial charge is 0.497 e. The zero-order valence-electron chi connectivity index (χ0n) is 15.0. The summed E-state index contributed by atoms with van der Waals surface area (Å²) in [5.74, 6) is 1.75. The van der Waals surface area contributed by atoms with E-state index in [0.717, 1.165) is 22.8 Å². The van der Waals surface area contributed by atoms with Crippen LogP contribution in [0.4, 0.5) is 0 Å². The Kier molecular flexibility index (Phi) is 5.07. The number of aliphatic imine (C=N–C) groups is 2. The van der Waals surface area contributed by atoms with E-state index in [0.29, 0.717) is 11.8 Å². The molecule has 2 atom stereocenters. The molecule has 2 aliphatic rings. The van der Waals surface area contributed by atoms with E-state index in [1.54, 1.807) is 7.11 Å². The molecule has 5 heteroatoms. The lowest BCUT2D eigenvalue weighted by Crippen LogP contribution is -2.38. The summed E-state index contributed by atoms with van der Waals surface area (Å²) in [7, 11) is 1.66. The molecule has 27 heavy (non-hydrogen) atoms. The molecule has 2 aromatic carbocycles. The molecule has 136 valence electrons. The van der Waals surface area contributed by atoms with E-state index < -0.39 is 0 Å². The van der Waals surface area contributed by atoms with Gasteiger partial charge in [-0.3, -0.25) is 4.99 Å². The van der Waals surface area contributed by atoms with Crippen molar-refractivity contribution in [3.63, 3.8) is 0 Å². The van der Waals surface area contributed by atoms with Crippen LogP contribution in [0.2, 0.25) is 0 Å². The Morgan fingerprint density at radius 3 is 2.81 bits per heavy atom. The quantitative estimate of drug-likeness (QED) is 0.788. The third-order valence-corrected chi connectivity index (χ3v) is 4.95. The number of nitrogens with zero attached hydrogens (tertiary/aromatic N) is 2. The summed E-state index contributed by atoms with van der Waals surface area (Å²) in [5, 5.41) is 3.54. The summed E-state index contributed by atoms with van der Waals surface area (Å²) >= 11 is 6.23. The van der Waals surface area contributed by atoms with Gasteiger partial charge in [0.1, 0.15) is 11.6 Å². The fraction of sp³-hybridized carbons (Fsp3) is 0.182.